The van der Waals surface area contributed by atoms with Crippen molar-refractivity contribution in [2.75, 3.05) is 20.2 Å². The Bertz CT molecular complexity index is 828. The van der Waals surface area contributed by atoms with Crippen molar-refractivity contribution in [3.63, 3.8) is 0 Å². The summed E-state index contributed by atoms with van der Waals surface area (Å²) >= 11 is 0. The number of carbonyl (C=O) groups excluding carboxylic acids is 2. The number of hydrogen-bond donors (Lipinski definition) is 2. The van der Waals surface area contributed by atoms with Crippen LogP contribution in [-0.2, 0) is 17.8 Å². The second-order valence-corrected chi connectivity index (χ2v) is 7.43. The number of carbonyl (C=O) groups is 2. The van der Waals surface area contributed by atoms with Gasteiger partial charge in [-0.1, -0.05) is 36.4 Å². The Morgan fingerprint density at radius 3 is 2.41 bits per heavy atom. The number of piperidine rings is 1. The number of urea groups is 1. The minimum absolute atomic E-state index is 0.0911. The number of likely N-dealkylation sites (tertiary alicyclic amines) is 1. The molecule has 1 fully saturated rings. The Morgan fingerprint density at radius 1 is 1.07 bits per heavy atom. The van der Waals surface area contributed by atoms with Crippen LogP contribution in [-0.4, -0.2) is 43.1 Å². The largest absolute Gasteiger partial charge is 0.497 e. The van der Waals surface area contributed by atoms with Gasteiger partial charge in [0.2, 0.25) is 5.91 Å². The maximum Gasteiger partial charge on any atom is 0.315 e. The van der Waals surface area contributed by atoms with Crippen molar-refractivity contribution in [2.24, 2.45) is 0 Å². The highest BCUT2D eigenvalue weighted by molar-refractivity contribution is 5.79. The number of hydrogen-bond acceptors (Lipinski definition) is 3. The SMILES string of the molecule is COc1ccc(CNC(=O)NC2CCN(C(=O)Cc3ccccc3C)CC2)cc1. The van der Waals surface area contributed by atoms with E-state index < -0.39 is 0 Å². The molecule has 1 aliphatic rings. The number of ether oxygens (including phenoxy) is 1. The lowest BCUT2D eigenvalue weighted by Gasteiger charge is -2.32. The molecule has 3 amide bonds. The Morgan fingerprint density at radius 2 is 1.76 bits per heavy atom. The molecule has 2 N–H and O–H groups in total. The molecule has 0 atom stereocenters. The molecule has 2 aromatic rings. The van der Waals surface area contributed by atoms with E-state index in [2.05, 4.69) is 10.6 Å². The Hall–Kier alpha value is -3.02. The summed E-state index contributed by atoms with van der Waals surface area (Å²) < 4.78 is 5.13. The van der Waals surface area contributed by atoms with Gasteiger partial charge < -0.3 is 20.3 Å². The van der Waals surface area contributed by atoms with E-state index in [1.165, 1.54) is 0 Å². The molecule has 0 saturated carbocycles. The van der Waals surface area contributed by atoms with E-state index in [0.29, 0.717) is 26.1 Å². The molecule has 29 heavy (non-hydrogen) atoms. The summed E-state index contributed by atoms with van der Waals surface area (Å²) in [6.45, 7) is 3.84. The van der Waals surface area contributed by atoms with Gasteiger partial charge in [-0.2, -0.15) is 0 Å². The number of amides is 3. The van der Waals surface area contributed by atoms with Crippen LogP contribution in [0.3, 0.4) is 0 Å². The summed E-state index contributed by atoms with van der Waals surface area (Å²) in [5.74, 6) is 0.948. The third-order valence-electron chi connectivity index (χ3n) is 5.40. The third kappa shape index (κ3) is 5.98. The fourth-order valence-electron chi connectivity index (χ4n) is 3.52. The van der Waals surface area contributed by atoms with Gasteiger partial charge in [-0.15, -0.1) is 0 Å². The summed E-state index contributed by atoms with van der Waals surface area (Å²) in [7, 11) is 1.63. The summed E-state index contributed by atoms with van der Waals surface area (Å²) in [5.41, 5.74) is 3.24. The van der Waals surface area contributed by atoms with Gasteiger partial charge in [0, 0.05) is 25.7 Å². The zero-order valence-electron chi connectivity index (χ0n) is 17.1. The standard InChI is InChI=1S/C23H29N3O3/c1-17-5-3-4-6-19(17)15-22(27)26-13-11-20(12-14-26)25-23(28)24-16-18-7-9-21(29-2)10-8-18/h3-10,20H,11-16H2,1-2H3,(H2,24,25,28). The smallest absolute Gasteiger partial charge is 0.315 e. The molecule has 0 spiro atoms. The quantitative estimate of drug-likeness (QED) is 0.790. The number of nitrogens with zero attached hydrogens (tertiary/aromatic N) is 1. The molecular formula is C23H29N3O3. The second kappa shape index (κ2) is 9.96. The molecule has 0 unspecified atom stereocenters. The van der Waals surface area contributed by atoms with E-state index in [1.807, 2.05) is 60.4 Å². The monoisotopic (exact) mass is 395 g/mol. The molecule has 1 heterocycles. The van der Waals surface area contributed by atoms with Crippen LogP contribution >= 0.6 is 0 Å². The molecule has 0 radical (unpaired) electrons. The van der Waals surface area contributed by atoms with Gasteiger partial charge in [-0.25, -0.2) is 4.79 Å². The van der Waals surface area contributed by atoms with Crippen molar-refractivity contribution in [1.29, 1.82) is 0 Å². The zero-order chi connectivity index (χ0) is 20.6. The predicted molar refractivity (Wildman–Crippen MR) is 113 cm³/mol. The van der Waals surface area contributed by atoms with Crippen LogP contribution in [0, 0.1) is 6.92 Å². The molecule has 0 bridgehead atoms. The number of methoxy groups -OCH3 is 1. The normalized spacial score (nSPS) is 14.3. The first-order valence-corrected chi connectivity index (χ1v) is 10.0. The van der Waals surface area contributed by atoms with Crippen LogP contribution in [0.25, 0.3) is 0 Å². The fourth-order valence-corrected chi connectivity index (χ4v) is 3.52. The van der Waals surface area contributed by atoms with Crippen molar-refractivity contribution in [2.45, 2.75) is 38.8 Å². The predicted octanol–water partition coefficient (Wildman–Crippen LogP) is 3.04. The van der Waals surface area contributed by atoms with Gasteiger partial charge in [-0.05, 0) is 48.6 Å². The molecule has 3 rings (SSSR count). The van der Waals surface area contributed by atoms with Crippen molar-refractivity contribution in [3.8, 4) is 5.75 Å². The average molecular weight is 396 g/mol. The molecule has 1 aliphatic heterocycles. The lowest BCUT2D eigenvalue weighted by atomic mass is 10.0. The van der Waals surface area contributed by atoms with Crippen molar-refractivity contribution in [1.82, 2.24) is 15.5 Å². The number of aryl methyl sites for hydroxylation is 1. The lowest BCUT2D eigenvalue weighted by Crippen LogP contribution is -2.49. The number of nitrogens with one attached hydrogen (secondary N) is 2. The van der Waals surface area contributed by atoms with Crippen LogP contribution in [0.15, 0.2) is 48.5 Å². The van der Waals surface area contributed by atoms with E-state index in [4.69, 9.17) is 4.74 Å². The van der Waals surface area contributed by atoms with Gasteiger partial charge in [0.05, 0.1) is 13.5 Å². The molecule has 0 aromatic heterocycles. The maximum absolute atomic E-state index is 12.6. The molecule has 0 aliphatic carbocycles. The average Bonchev–Trinajstić information content (AvgIpc) is 2.75. The summed E-state index contributed by atoms with van der Waals surface area (Å²) in [5, 5.41) is 5.90. The van der Waals surface area contributed by atoms with E-state index in [-0.39, 0.29) is 18.0 Å². The number of rotatable bonds is 6. The van der Waals surface area contributed by atoms with E-state index >= 15 is 0 Å². The lowest BCUT2D eigenvalue weighted by molar-refractivity contribution is -0.131. The van der Waals surface area contributed by atoms with Gasteiger partial charge in [0.1, 0.15) is 5.75 Å². The van der Waals surface area contributed by atoms with Gasteiger partial charge in [-0.3, -0.25) is 4.79 Å². The minimum Gasteiger partial charge on any atom is -0.497 e. The first-order chi connectivity index (χ1) is 14.0. The summed E-state index contributed by atoms with van der Waals surface area (Å²) in [6.07, 6.45) is 1.98. The van der Waals surface area contributed by atoms with Crippen LogP contribution in [0.4, 0.5) is 4.79 Å². The zero-order valence-corrected chi connectivity index (χ0v) is 17.1. The fraction of sp³-hybridized carbons (Fsp3) is 0.391. The molecule has 1 saturated heterocycles. The van der Waals surface area contributed by atoms with Crippen molar-refractivity contribution >= 4 is 11.9 Å². The molecule has 6 heteroatoms. The highest BCUT2D eigenvalue weighted by Crippen LogP contribution is 2.15. The first-order valence-electron chi connectivity index (χ1n) is 10.0. The number of benzene rings is 2. The maximum atomic E-state index is 12.6. The molecule has 2 aromatic carbocycles. The van der Waals surface area contributed by atoms with Crippen LogP contribution in [0.1, 0.15) is 29.5 Å². The Labute approximate surface area is 172 Å². The summed E-state index contributed by atoms with van der Waals surface area (Å²) in [6, 6.07) is 15.5. The Kier molecular flexibility index (Phi) is 7.11. The second-order valence-electron chi connectivity index (χ2n) is 7.43. The Balaban J connectivity index is 1.39. The summed E-state index contributed by atoms with van der Waals surface area (Å²) in [4.78, 5) is 26.6. The first kappa shape index (κ1) is 20.7. The molecular weight excluding hydrogens is 366 g/mol. The minimum atomic E-state index is -0.175. The van der Waals surface area contributed by atoms with E-state index in [1.54, 1.807) is 7.11 Å². The van der Waals surface area contributed by atoms with Crippen LogP contribution in [0.5, 0.6) is 5.75 Å². The van der Waals surface area contributed by atoms with Gasteiger partial charge >= 0.3 is 6.03 Å². The van der Waals surface area contributed by atoms with Crippen molar-refractivity contribution in [3.05, 3.63) is 65.2 Å². The van der Waals surface area contributed by atoms with Gasteiger partial charge in [0.25, 0.3) is 0 Å². The molecule has 154 valence electrons. The van der Waals surface area contributed by atoms with E-state index in [0.717, 1.165) is 35.3 Å². The third-order valence-corrected chi connectivity index (χ3v) is 5.40. The highest BCUT2D eigenvalue weighted by Gasteiger charge is 2.24. The van der Waals surface area contributed by atoms with Crippen LogP contribution < -0.4 is 15.4 Å². The van der Waals surface area contributed by atoms with E-state index in [9.17, 15) is 9.59 Å². The van der Waals surface area contributed by atoms with Gasteiger partial charge in [0.15, 0.2) is 0 Å². The van der Waals surface area contributed by atoms with Crippen LogP contribution in [0.2, 0.25) is 0 Å². The van der Waals surface area contributed by atoms with Crippen molar-refractivity contribution < 1.29 is 14.3 Å². The topological polar surface area (TPSA) is 70.7 Å². The highest BCUT2D eigenvalue weighted by atomic mass is 16.5. The molecule has 6 nitrogen and oxygen atoms in total.